The highest BCUT2D eigenvalue weighted by Gasteiger charge is 2.30. The maximum Gasteiger partial charge on any atom is 0.236 e. The molecular weight excluding hydrogens is 296 g/mol. The number of hydrogen-bond acceptors (Lipinski definition) is 5. The van der Waals surface area contributed by atoms with Crippen molar-refractivity contribution >= 4 is 17.2 Å². The number of nitrogens with zero attached hydrogens (tertiary/aromatic N) is 3. The number of hydrogen-bond donors (Lipinski definition) is 1. The molecule has 2 aliphatic rings. The lowest BCUT2D eigenvalue weighted by Crippen LogP contribution is -2.56. The van der Waals surface area contributed by atoms with Crippen LogP contribution in [0.3, 0.4) is 0 Å². The Hall–Kier alpha value is -0.980. The first-order valence-electron chi connectivity index (χ1n) is 8.42. The third kappa shape index (κ3) is 3.86. The normalized spacial score (nSPS) is 24.0. The van der Waals surface area contributed by atoms with Crippen LogP contribution in [-0.4, -0.2) is 59.5 Å². The largest absolute Gasteiger partial charge is 0.336 e. The second-order valence-electron chi connectivity index (χ2n) is 6.28. The van der Waals surface area contributed by atoms with E-state index in [1.54, 1.807) is 11.3 Å². The summed E-state index contributed by atoms with van der Waals surface area (Å²) in [5.74, 6) is 0.262. The van der Waals surface area contributed by atoms with E-state index in [1.807, 2.05) is 0 Å². The van der Waals surface area contributed by atoms with Crippen LogP contribution in [0.15, 0.2) is 5.38 Å². The Labute approximate surface area is 136 Å². The van der Waals surface area contributed by atoms with E-state index in [0.717, 1.165) is 52.0 Å². The molecule has 22 heavy (non-hydrogen) atoms. The van der Waals surface area contributed by atoms with Gasteiger partial charge in [-0.1, -0.05) is 13.3 Å². The van der Waals surface area contributed by atoms with E-state index in [0.29, 0.717) is 12.6 Å². The molecule has 1 unspecified atom stereocenters. The van der Waals surface area contributed by atoms with E-state index in [4.69, 9.17) is 4.98 Å². The minimum atomic E-state index is 0.262. The van der Waals surface area contributed by atoms with Gasteiger partial charge in [0.2, 0.25) is 5.91 Å². The summed E-state index contributed by atoms with van der Waals surface area (Å²) >= 11 is 1.78. The molecule has 5 nitrogen and oxygen atoms in total. The van der Waals surface area contributed by atoms with Crippen molar-refractivity contribution in [2.75, 3.05) is 32.7 Å². The first kappa shape index (κ1) is 15.9. The highest BCUT2D eigenvalue weighted by molar-refractivity contribution is 7.09. The van der Waals surface area contributed by atoms with E-state index in [9.17, 15) is 4.79 Å². The monoisotopic (exact) mass is 322 g/mol. The van der Waals surface area contributed by atoms with Crippen molar-refractivity contribution in [1.82, 2.24) is 20.1 Å². The van der Waals surface area contributed by atoms with Crippen LogP contribution in [-0.2, 0) is 17.8 Å². The Morgan fingerprint density at radius 3 is 3.18 bits per heavy atom. The highest BCUT2D eigenvalue weighted by atomic mass is 32.1. The summed E-state index contributed by atoms with van der Waals surface area (Å²) in [6, 6.07) is 0.387. The van der Waals surface area contributed by atoms with Crippen molar-refractivity contribution in [2.24, 2.45) is 0 Å². The van der Waals surface area contributed by atoms with E-state index in [-0.39, 0.29) is 5.91 Å². The molecular formula is C16H26N4OS. The fourth-order valence-electron chi connectivity index (χ4n) is 3.42. The number of nitrogens with one attached hydrogen (secondary N) is 1. The van der Waals surface area contributed by atoms with Gasteiger partial charge in [-0.15, -0.1) is 11.3 Å². The number of rotatable bonds is 5. The smallest absolute Gasteiger partial charge is 0.236 e. The Morgan fingerprint density at radius 1 is 1.45 bits per heavy atom. The summed E-state index contributed by atoms with van der Waals surface area (Å²) in [7, 11) is 0. The quantitative estimate of drug-likeness (QED) is 0.892. The number of piperidine rings is 1. The summed E-state index contributed by atoms with van der Waals surface area (Å²) in [5, 5.41) is 6.57. The van der Waals surface area contributed by atoms with Crippen LogP contribution in [0.25, 0.3) is 0 Å². The van der Waals surface area contributed by atoms with Crippen molar-refractivity contribution in [3.63, 3.8) is 0 Å². The van der Waals surface area contributed by atoms with Crippen LogP contribution < -0.4 is 5.32 Å². The Kier molecular flexibility index (Phi) is 5.44. The zero-order valence-electron chi connectivity index (χ0n) is 13.4. The van der Waals surface area contributed by atoms with Crippen LogP contribution in [0, 0.1) is 0 Å². The van der Waals surface area contributed by atoms with E-state index < -0.39 is 0 Å². The van der Waals surface area contributed by atoms with Gasteiger partial charge >= 0.3 is 0 Å². The molecule has 1 aromatic heterocycles. The Bertz CT molecular complexity index is 504. The average molecular weight is 322 g/mol. The van der Waals surface area contributed by atoms with Gasteiger partial charge < -0.3 is 10.2 Å². The Morgan fingerprint density at radius 2 is 2.36 bits per heavy atom. The lowest BCUT2D eigenvalue weighted by atomic mass is 10.0. The molecule has 1 aromatic rings. The molecule has 1 amide bonds. The van der Waals surface area contributed by atoms with Gasteiger partial charge in [-0.2, -0.15) is 0 Å². The zero-order valence-corrected chi connectivity index (χ0v) is 14.2. The van der Waals surface area contributed by atoms with Gasteiger partial charge in [0.05, 0.1) is 18.8 Å². The number of carbonyl (C=O) groups is 1. The SMILES string of the molecule is CCCc1csc(CN2CCCC(N3CCNCC3=O)C2)n1. The summed E-state index contributed by atoms with van der Waals surface area (Å²) in [4.78, 5) is 21.4. The van der Waals surface area contributed by atoms with Crippen LogP contribution in [0.1, 0.15) is 36.9 Å². The minimum Gasteiger partial charge on any atom is -0.336 e. The molecule has 0 bridgehead atoms. The molecule has 1 atom stereocenters. The molecule has 2 fully saturated rings. The maximum absolute atomic E-state index is 12.1. The van der Waals surface area contributed by atoms with Crippen molar-refractivity contribution in [2.45, 2.75) is 45.2 Å². The number of amides is 1. The number of likely N-dealkylation sites (tertiary alicyclic amines) is 1. The predicted octanol–water partition coefficient (Wildman–Crippen LogP) is 1.49. The third-order valence-electron chi connectivity index (χ3n) is 4.51. The zero-order chi connectivity index (χ0) is 15.4. The van der Waals surface area contributed by atoms with Crippen molar-refractivity contribution in [1.29, 1.82) is 0 Å². The second kappa shape index (κ2) is 7.53. The summed E-state index contributed by atoms with van der Waals surface area (Å²) in [6.45, 7) is 7.53. The van der Waals surface area contributed by atoms with Crippen molar-refractivity contribution in [3.8, 4) is 0 Å². The molecule has 3 rings (SSSR count). The predicted molar refractivity (Wildman–Crippen MR) is 89.0 cm³/mol. The average Bonchev–Trinajstić information content (AvgIpc) is 2.96. The number of thiazole rings is 1. The fraction of sp³-hybridized carbons (Fsp3) is 0.750. The fourth-order valence-corrected chi connectivity index (χ4v) is 4.29. The molecule has 0 saturated carbocycles. The third-order valence-corrected chi connectivity index (χ3v) is 5.39. The van der Waals surface area contributed by atoms with Crippen molar-refractivity contribution < 1.29 is 4.79 Å². The number of piperazine rings is 1. The van der Waals surface area contributed by atoms with Crippen LogP contribution >= 0.6 is 11.3 Å². The molecule has 0 aromatic carbocycles. The van der Waals surface area contributed by atoms with Gasteiger partial charge in [0.25, 0.3) is 0 Å². The first-order chi connectivity index (χ1) is 10.8. The van der Waals surface area contributed by atoms with Crippen LogP contribution in [0.4, 0.5) is 0 Å². The lowest BCUT2D eigenvalue weighted by Gasteiger charge is -2.40. The first-order valence-corrected chi connectivity index (χ1v) is 9.30. The highest BCUT2D eigenvalue weighted by Crippen LogP contribution is 2.20. The summed E-state index contributed by atoms with van der Waals surface area (Å²) in [5.41, 5.74) is 1.23. The van der Waals surface area contributed by atoms with Gasteiger partial charge in [-0.3, -0.25) is 9.69 Å². The summed E-state index contributed by atoms with van der Waals surface area (Å²) < 4.78 is 0. The van der Waals surface area contributed by atoms with Crippen molar-refractivity contribution in [3.05, 3.63) is 16.1 Å². The molecule has 1 N–H and O–H groups in total. The standard InChI is InChI=1S/C16H26N4OS/c1-2-4-13-12-22-15(18-13)11-19-7-3-5-14(10-19)20-8-6-17-9-16(20)21/h12,14,17H,2-11H2,1H3. The number of aryl methyl sites for hydroxylation is 1. The van der Waals surface area contributed by atoms with E-state index in [1.165, 1.54) is 17.1 Å². The molecule has 3 heterocycles. The topological polar surface area (TPSA) is 48.5 Å². The molecule has 0 spiro atoms. The number of aromatic nitrogens is 1. The second-order valence-corrected chi connectivity index (χ2v) is 7.22. The van der Waals surface area contributed by atoms with Gasteiger partial charge in [-0.05, 0) is 25.8 Å². The molecule has 0 radical (unpaired) electrons. The van der Waals surface area contributed by atoms with Gasteiger partial charge in [-0.25, -0.2) is 4.98 Å². The van der Waals surface area contributed by atoms with Gasteiger partial charge in [0.15, 0.2) is 0 Å². The maximum atomic E-state index is 12.1. The molecule has 2 saturated heterocycles. The minimum absolute atomic E-state index is 0.262. The van der Waals surface area contributed by atoms with Gasteiger partial charge in [0.1, 0.15) is 5.01 Å². The van der Waals surface area contributed by atoms with Crippen LogP contribution in [0.2, 0.25) is 0 Å². The molecule has 122 valence electrons. The number of carbonyl (C=O) groups excluding carboxylic acids is 1. The van der Waals surface area contributed by atoms with Crippen LogP contribution in [0.5, 0.6) is 0 Å². The molecule has 2 aliphatic heterocycles. The Balaban J connectivity index is 1.56. The van der Waals surface area contributed by atoms with E-state index >= 15 is 0 Å². The van der Waals surface area contributed by atoms with E-state index in [2.05, 4.69) is 27.4 Å². The molecule has 0 aliphatic carbocycles. The van der Waals surface area contributed by atoms with Gasteiger partial charge in [0, 0.05) is 31.1 Å². The molecule has 6 heteroatoms. The summed E-state index contributed by atoms with van der Waals surface area (Å²) in [6.07, 6.45) is 4.55. The lowest BCUT2D eigenvalue weighted by molar-refractivity contribution is -0.135.